The number of amides is 1. The predicted octanol–water partition coefficient (Wildman–Crippen LogP) is 0.209. The van der Waals surface area contributed by atoms with Crippen LogP contribution in [0, 0.1) is 21.4 Å². The SMILES string of the molecule is N.N#Cc1ncc(Br)cc1[N+](=O)[O-].NC(=O)c1ncc(Br)cc1N.O=S(=O)=S(=O)=O.[Na][Na]. The van der Waals surface area contributed by atoms with Gasteiger partial charge in [-0.05, 0) is 37.9 Å². The van der Waals surface area contributed by atoms with E-state index in [9.17, 15) is 14.9 Å². The summed E-state index contributed by atoms with van der Waals surface area (Å²) in [5.41, 5.74) is 10.3. The van der Waals surface area contributed by atoms with E-state index in [1.54, 1.807) is 12.1 Å². The van der Waals surface area contributed by atoms with Crippen molar-refractivity contribution in [2.24, 2.45) is 5.73 Å². The first-order chi connectivity index (χ1) is 14.4. The van der Waals surface area contributed by atoms with Crippen LogP contribution in [0.15, 0.2) is 33.5 Å². The Morgan fingerprint density at radius 3 is 1.88 bits per heavy atom. The Hall–Kier alpha value is -0.980. The standard InChI is InChI=1S/C6H2BrN3O2.C6H6BrN3O.H3N.2Na.O4S2/c7-4-1-6(10(11)12)5(2-8)9-3-4;7-3-1-4(8)5(6(9)11)10-2-3;;;;1-5(2)6(3)4/h1,3H;1-2H,8H2,(H2,9,11);1H3;;;. The summed E-state index contributed by atoms with van der Waals surface area (Å²) in [6.45, 7) is 0. The Balaban J connectivity index is -0.000000391. The average molecular weight is 635 g/mol. The normalized spacial score (nSPS) is 8.28. The van der Waals surface area contributed by atoms with Crippen LogP contribution >= 0.6 is 31.9 Å². The Labute approximate surface area is 229 Å². The van der Waals surface area contributed by atoms with Crippen molar-refractivity contribution in [3.63, 3.8) is 0 Å². The fourth-order valence-corrected chi connectivity index (χ4v) is 1.98. The number of halogens is 2. The van der Waals surface area contributed by atoms with E-state index in [-0.39, 0.29) is 28.9 Å². The molecular formula is C12H11Br2N7Na2O7S2. The molecule has 0 atom stereocenters. The fraction of sp³-hybridized carbons (Fsp3) is 0. The van der Waals surface area contributed by atoms with Gasteiger partial charge in [0.05, 0.1) is 10.6 Å². The van der Waals surface area contributed by atoms with Crippen LogP contribution in [0.1, 0.15) is 16.2 Å². The molecule has 0 aliphatic rings. The molecule has 0 unspecified atom stereocenters. The summed E-state index contributed by atoms with van der Waals surface area (Å²) in [6.07, 6.45) is 2.81. The van der Waals surface area contributed by atoms with Crippen molar-refractivity contribution >= 4 is 111 Å². The van der Waals surface area contributed by atoms with Crippen LogP contribution in [0.2, 0.25) is 0 Å². The molecule has 0 bridgehead atoms. The van der Waals surface area contributed by atoms with Crippen LogP contribution < -0.4 is 17.6 Å². The molecule has 2 rings (SSSR count). The summed E-state index contributed by atoms with van der Waals surface area (Å²) in [4.78, 5) is 27.6. The Morgan fingerprint density at radius 2 is 1.53 bits per heavy atom. The molecule has 0 saturated heterocycles. The second-order valence-electron chi connectivity index (χ2n) is 4.25. The molecule has 20 heteroatoms. The average Bonchev–Trinajstić information content (AvgIpc) is 2.70. The number of pyridine rings is 2. The molecule has 0 aliphatic carbocycles. The number of anilines is 1. The minimum absolute atomic E-state index is 0. The number of nitrogens with two attached hydrogens (primary N) is 2. The fourth-order valence-electron chi connectivity index (χ4n) is 1.31. The third-order valence-corrected chi connectivity index (χ3v) is 4.12. The molecule has 0 aliphatic heterocycles. The zero-order chi connectivity index (χ0) is 24.7. The summed E-state index contributed by atoms with van der Waals surface area (Å²) in [6, 6.07) is 4.45. The molecule has 0 aromatic carbocycles. The summed E-state index contributed by atoms with van der Waals surface area (Å²) in [7, 11) is -5.90. The van der Waals surface area contributed by atoms with E-state index in [0.29, 0.717) is 4.47 Å². The third kappa shape index (κ3) is 15.0. The van der Waals surface area contributed by atoms with Gasteiger partial charge >= 0.3 is 67.8 Å². The van der Waals surface area contributed by atoms with Gasteiger partial charge in [0, 0.05) is 27.4 Å². The van der Waals surface area contributed by atoms with E-state index >= 15 is 0 Å². The van der Waals surface area contributed by atoms with E-state index in [2.05, 4.69) is 41.8 Å². The zero-order valence-corrected chi connectivity index (χ0v) is 25.2. The first-order valence-corrected chi connectivity index (χ1v) is 19.8. The van der Waals surface area contributed by atoms with Crippen molar-refractivity contribution in [1.82, 2.24) is 16.1 Å². The van der Waals surface area contributed by atoms with Gasteiger partial charge in [0.15, 0.2) is 5.69 Å². The van der Waals surface area contributed by atoms with E-state index in [0.717, 1.165) is 4.47 Å². The summed E-state index contributed by atoms with van der Waals surface area (Å²) < 4.78 is 37.5. The molecule has 32 heavy (non-hydrogen) atoms. The first-order valence-electron chi connectivity index (χ1n) is 7.50. The minimum atomic E-state index is -2.95. The molecule has 164 valence electrons. The number of hydrogen-bond donors (Lipinski definition) is 3. The molecule has 0 spiro atoms. The Kier molecular flexibility index (Phi) is 21.7. The molecule has 0 fully saturated rings. The molecule has 0 saturated carbocycles. The topological polar surface area (TPSA) is 265 Å². The van der Waals surface area contributed by atoms with Crippen LogP contribution in [-0.2, 0) is 18.5 Å². The van der Waals surface area contributed by atoms with Crippen molar-refractivity contribution in [2.75, 3.05) is 5.73 Å². The molecule has 2 heterocycles. The van der Waals surface area contributed by atoms with Crippen molar-refractivity contribution in [3.05, 3.63) is 55.0 Å². The molecule has 1 amide bonds. The van der Waals surface area contributed by atoms with Gasteiger partial charge in [-0.25, -0.2) is 9.97 Å². The van der Waals surface area contributed by atoms with Gasteiger partial charge in [-0.3, -0.25) is 14.9 Å². The van der Waals surface area contributed by atoms with Crippen LogP contribution in [-0.4, -0.2) is 81.3 Å². The number of primary amides is 1. The van der Waals surface area contributed by atoms with Gasteiger partial charge in [0.2, 0.25) is 5.69 Å². The van der Waals surface area contributed by atoms with Crippen LogP contribution in [0.25, 0.3) is 0 Å². The first kappa shape index (κ1) is 35.6. The number of carbonyl (C=O) groups is 1. The maximum atomic E-state index is 10.6. The number of nitriles is 1. The number of nitrogens with zero attached hydrogens (tertiary/aromatic N) is 4. The van der Waals surface area contributed by atoms with Gasteiger partial charge in [-0.2, -0.15) is 22.1 Å². The van der Waals surface area contributed by atoms with Gasteiger partial charge in [-0.15, -0.1) is 0 Å². The number of carbonyl (C=O) groups excluding carboxylic acids is 1. The van der Waals surface area contributed by atoms with Crippen molar-refractivity contribution in [1.29, 1.82) is 5.26 Å². The number of nitrogen functional groups attached to an aromatic ring is 1. The van der Waals surface area contributed by atoms with E-state index < -0.39 is 29.4 Å². The summed E-state index contributed by atoms with van der Waals surface area (Å²) >= 11 is 9.06. The van der Waals surface area contributed by atoms with Gasteiger partial charge < -0.3 is 17.6 Å². The summed E-state index contributed by atoms with van der Waals surface area (Å²) in [5.74, 6) is -0.616. The monoisotopic (exact) mass is 633 g/mol. The molecule has 0 radical (unpaired) electrons. The molecule has 2 aromatic rings. The van der Waals surface area contributed by atoms with Crippen molar-refractivity contribution in [2.45, 2.75) is 0 Å². The van der Waals surface area contributed by atoms with Gasteiger partial charge in [-0.1, -0.05) is 0 Å². The Bertz CT molecular complexity index is 1190. The van der Waals surface area contributed by atoms with E-state index in [4.69, 9.17) is 33.6 Å². The van der Waals surface area contributed by atoms with E-state index in [1.807, 2.05) is 0 Å². The number of rotatable bonds is 2. The van der Waals surface area contributed by atoms with Crippen molar-refractivity contribution in [3.8, 4) is 6.07 Å². The number of aromatic nitrogens is 2. The number of hydrogen-bond acceptors (Lipinski definition) is 12. The van der Waals surface area contributed by atoms with Crippen LogP contribution in [0.5, 0.6) is 0 Å². The van der Waals surface area contributed by atoms with Crippen molar-refractivity contribution < 1.29 is 26.6 Å². The summed E-state index contributed by atoms with van der Waals surface area (Å²) in [5, 5.41) is 18.8. The number of nitro groups is 1. The molecular weight excluding hydrogens is 624 g/mol. The molecule has 7 N–H and O–H groups in total. The Morgan fingerprint density at radius 1 is 1.09 bits per heavy atom. The van der Waals surface area contributed by atoms with Gasteiger partial charge in [0.25, 0.3) is 5.91 Å². The predicted molar refractivity (Wildman–Crippen MR) is 123 cm³/mol. The second-order valence-corrected chi connectivity index (χ2v) is 8.53. The molecule has 14 nitrogen and oxygen atoms in total. The maximum absolute atomic E-state index is 10.6. The zero-order valence-electron chi connectivity index (χ0n) is 16.4. The van der Waals surface area contributed by atoms with Gasteiger partial charge in [0.1, 0.15) is 6.07 Å². The molecule has 2 aromatic heterocycles. The quantitative estimate of drug-likeness (QED) is 0.227. The second kappa shape index (κ2) is 19.5. The van der Waals surface area contributed by atoms with Crippen LogP contribution in [0.3, 0.4) is 0 Å². The third-order valence-electron chi connectivity index (χ3n) is 2.37. The van der Waals surface area contributed by atoms with E-state index in [1.165, 1.54) is 62.1 Å². The van der Waals surface area contributed by atoms with Crippen LogP contribution in [0.4, 0.5) is 11.4 Å².